The molecule has 1 amide bonds. The van der Waals surface area contributed by atoms with E-state index >= 15 is 0 Å². The second-order valence-electron chi connectivity index (χ2n) is 8.40. The number of rotatable bonds is 5. The summed E-state index contributed by atoms with van der Waals surface area (Å²) in [5.41, 5.74) is 1.34. The molecule has 1 saturated heterocycles. The number of methoxy groups -OCH3 is 2. The third-order valence-electron chi connectivity index (χ3n) is 6.17. The smallest absolute Gasteiger partial charge is 0.348 e. The molecule has 0 radical (unpaired) electrons. The first-order valence-corrected chi connectivity index (χ1v) is 12.5. The summed E-state index contributed by atoms with van der Waals surface area (Å²) < 4.78 is 44.2. The number of piperidine rings is 1. The fourth-order valence-electron chi connectivity index (χ4n) is 4.40. The van der Waals surface area contributed by atoms with Crippen molar-refractivity contribution in [3.63, 3.8) is 0 Å². The van der Waals surface area contributed by atoms with Crippen molar-refractivity contribution in [2.75, 3.05) is 38.8 Å². The number of para-hydroxylation sites is 2. The lowest BCUT2D eigenvalue weighted by Crippen LogP contribution is -2.52. The minimum Gasteiger partial charge on any atom is -0.495 e. The zero-order chi connectivity index (χ0) is 24.5. The number of anilines is 1. The molecule has 0 saturated carbocycles. The molecule has 4 rings (SSSR count). The Labute approximate surface area is 199 Å². The van der Waals surface area contributed by atoms with Crippen molar-refractivity contribution >= 4 is 27.6 Å². The molecule has 0 aliphatic carbocycles. The van der Waals surface area contributed by atoms with Crippen LogP contribution >= 0.6 is 0 Å². The first-order valence-electron chi connectivity index (χ1n) is 11.1. The number of sulfonamides is 1. The Morgan fingerprint density at radius 1 is 1.09 bits per heavy atom. The predicted molar refractivity (Wildman–Crippen MR) is 124 cm³/mol. The van der Waals surface area contributed by atoms with Crippen LogP contribution in [0.5, 0.6) is 11.5 Å². The van der Waals surface area contributed by atoms with Gasteiger partial charge in [-0.3, -0.25) is 4.79 Å². The van der Waals surface area contributed by atoms with E-state index in [1.165, 1.54) is 23.4 Å². The lowest BCUT2D eigenvalue weighted by atomic mass is 9.97. The van der Waals surface area contributed by atoms with Gasteiger partial charge >= 0.3 is 5.97 Å². The molecule has 2 aromatic carbocycles. The van der Waals surface area contributed by atoms with Crippen LogP contribution in [0.15, 0.2) is 47.4 Å². The molecule has 10 heteroatoms. The summed E-state index contributed by atoms with van der Waals surface area (Å²) in [6.45, 7) is 2.17. The summed E-state index contributed by atoms with van der Waals surface area (Å²) in [5.74, 6) is -0.722. The van der Waals surface area contributed by atoms with Crippen molar-refractivity contribution < 1.29 is 32.2 Å². The fourth-order valence-corrected chi connectivity index (χ4v) is 6.17. The lowest BCUT2D eigenvalue weighted by molar-refractivity contribution is -0.148. The quantitative estimate of drug-likeness (QED) is 0.596. The van der Waals surface area contributed by atoms with Gasteiger partial charge in [0.25, 0.3) is 0 Å². The maximum Gasteiger partial charge on any atom is 0.348 e. The molecule has 0 unspecified atom stereocenters. The van der Waals surface area contributed by atoms with E-state index in [2.05, 4.69) is 0 Å². The summed E-state index contributed by atoms with van der Waals surface area (Å²) in [4.78, 5) is 27.4. The highest BCUT2D eigenvalue weighted by atomic mass is 32.2. The summed E-state index contributed by atoms with van der Waals surface area (Å²) in [5, 5.41) is 0. The van der Waals surface area contributed by atoms with Crippen LogP contribution < -0.4 is 14.4 Å². The number of benzene rings is 2. The Balaban J connectivity index is 1.60. The number of amides is 1. The first-order chi connectivity index (χ1) is 16.3. The standard InChI is InChI=1S/C24H28N2O7S/c1-16-10-11-20(31-2)22(13-16)34(29,30)25-12-6-7-17(14-25)23(27)26-15-21(24(28)32-3)33-19-9-5-4-8-18(19)26/h4-5,8-11,13,17,21H,6-7,12,14-15H2,1-3H3/t17-,21+/m1/s1. The zero-order valence-electron chi connectivity index (χ0n) is 19.4. The van der Waals surface area contributed by atoms with Crippen LogP contribution in [0, 0.1) is 12.8 Å². The fraction of sp³-hybridized carbons (Fsp3) is 0.417. The number of hydrogen-bond donors (Lipinski definition) is 0. The SMILES string of the molecule is COC(=O)[C@@H]1CN(C(=O)[C@@H]2CCCN(S(=O)(=O)c3cc(C)ccc3OC)C2)c2ccccc2O1. The molecule has 2 heterocycles. The molecule has 1 fully saturated rings. The van der Waals surface area contributed by atoms with E-state index in [1.807, 2.05) is 6.92 Å². The van der Waals surface area contributed by atoms with Crippen LogP contribution in [0.4, 0.5) is 5.69 Å². The van der Waals surface area contributed by atoms with Crippen LogP contribution in [0.3, 0.4) is 0 Å². The number of nitrogens with zero attached hydrogens (tertiary/aromatic N) is 2. The minimum atomic E-state index is -3.87. The van der Waals surface area contributed by atoms with Gasteiger partial charge in [-0.1, -0.05) is 18.2 Å². The van der Waals surface area contributed by atoms with Crippen molar-refractivity contribution in [2.45, 2.75) is 30.8 Å². The zero-order valence-corrected chi connectivity index (χ0v) is 20.2. The summed E-state index contributed by atoms with van der Waals surface area (Å²) in [6.07, 6.45) is 0.123. The van der Waals surface area contributed by atoms with Gasteiger partial charge in [0, 0.05) is 13.1 Å². The van der Waals surface area contributed by atoms with Gasteiger partial charge in [0.2, 0.25) is 22.0 Å². The summed E-state index contributed by atoms with van der Waals surface area (Å²) in [6, 6.07) is 12.0. The highest BCUT2D eigenvalue weighted by Gasteiger charge is 2.40. The predicted octanol–water partition coefficient (Wildman–Crippen LogP) is 2.37. The number of aryl methyl sites for hydroxylation is 1. The summed E-state index contributed by atoms with van der Waals surface area (Å²) >= 11 is 0. The van der Waals surface area contributed by atoms with Crippen molar-refractivity contribution in [3.8, 4) is 11.5 Å². The summed E-state index contributed by atoms with van der Waals surface area (Å²) in [7, 11) is -1.18. The highest BCUT2D eigenvalue weighted by Crippen LogP contribution is 2.36. The van der Waals surface area contributed by atoms with Crippen molar-refractivity contribution in [3.05, 3.63) is 48.0 Å². The van der Waals surface area contributed by atoms with Crippen LogP contribution in [-0.2, 0) is 24.3 Å². The number of esters is 1. The number of ether oxygens (including phenoxy) is 3. The third kappa shape index (κ3) is 4.47. The number of carbonyl (C=O) groups excluding carboxylic acids is 2. The Hall–Kier alpha value is -3.11. The molecule has 0 bridgehead atoms. The van der Waals surface area contributed by atoms with Gasteiger partial charge in [0.1, 0.15) is 16.4 Å². The van der Waals surface area contributed by atoms with Gasteiger partial charge in [0.05, 0.1) is 32.4 Å². The maximum atomic E-state index is 13.6. The minimum absolute atomic E-state index is 0.00251. The molecule has 0 spiro atoms. The average Bonchev–Trinajstić information content (AvgIpc) is 2.87. The van der Waals surface area contributed by atoms with Gasteiger partial charge < -0.3 is 19.1 Å². The maximum absolute atomic E-state index is 13.6. The van der Waals surface area contributed by atoms with E-state index in [0.29, 0.717) is 30.8 Å². The lowest BCUT2D eigenvalue weighted by Gasteiger charge is -2.38. The molecule has 2 aliphatic heterocycles. The Bertz CT molecular complexity index is 1200. The number of hydrogen-bond acceptors (Lipinski definition) is 7. The Kier molecular flexibility index (Phi) is 6.81. The first kappa shape index (κ1) is 24.0. The molecule has 2 aromatic rings. The molecule has 34 heavy (non-hydrogen) atoms. The van der Waals surface area contributed by atoms with Gasteiger partial charge in [0.15, 0.2) is 0 Å². The number of fused-ring (bicyclic) bond motifs is 1. The normalized spacial score (nSPS) is 20.7. The Morgan fingerprint density at radius 2 is 1.85 bits per heavy atom. The van der Waals surface area contributed by atoms with E-state index in [4.69, 9.17) is 14.2 Å². The molecule has 9 nitrogen and oxygen atoms in total. The largest absolute Gasteiger partial charge is 0.495 e. The van der Waals surface area contributed by atoms with Crippen molar-refractivity contribution in [1.82, 2.24) is 4.31 Å². The van der Waals surface area contributed by atoms with Crippen LogP contribution in [0.25, 0.3) is 0 Å². The second-order valence-corrected chi connectivity index (χ2v) is 10.3. The van der Waals surface area contributed by atoms with Crippen LogP contribution in [0.1, 0.15) is 18.4 Å². The van der Waals surface area contributed by atoms with Crippen molar-refractivity contribution in [2.24, 2.45) is 5.92 Å². The third-order valence-corrected chi connectivity index (χ3v) is 8.06. The molecule has 0 aromatic heterocycles. The highest BCUT2D eigenvalue weighted by molar-refractivity contribution is 7.89. The van der Waals surface area contributed by atoms with Gasteiger partial charge in [-0.05, 0) is 49.6 Å². The molecule has 182 valence electrons. The monoisotopic (exact) mass is 488 g/mol. The van der Waals surface area contributed by atoms with Crippen LogP contribution in [-0.4, -0.2) is 64.6 Å². The van der Waals surface area contributed by atoms with E-state index < -0.39 is 28.0 Å². The van der Waals surface area contributed by atoms with Gasteiger partial charge in [-0.15, -0.1) is 0 Å². The Morgan fingerprint density at radius 3 is 2.59 bits per heavy atom. The van der Waals surface area contributed by atoms with Crippen LogP contribution in [0.2, 0.25) is 0 Å². The molecular formula is C24H28N2O7S. The van der Waals surface area contributed by atoms with E-state index in [9.17, 15) is 18.0 Å². The van der Waals surface area contributed by atoms with E-state index in [1.54, 1.807) is 42.5 Å². The topological polar surface area (TPSA) is 102 Å². The molecule has 2 aliphatic rings. The van der Waals surface area contributed by atoms with Crippen molar-refractivity contribution in [1.29, 1.82) is 0 Å². The van der Waals surface area contributed by atoms with Gasteiger partial charge in [-0.25, -0.2) is 13.2 Å². The van der Waals surface area contributed by atoms with E-state index in [0.717, 1.165) is 5.56 Å². The number of carbonyl (C=O) groups is 2. The molecule has 0 N–H and O–H groups in total. The molecule has 2 atom stereocenters. The second kappa shape index (κ2) is 9.63. The average molecular weight is 489 g/mol. The van der Waals surface area contributed by atoms with E-state index in [-0.39, 0.29) is 29.6 Å². The molecular weight excluding hydrogens is 460 g/mol. The van der Waals surface area contributed by atoms with Gasteiger partial charge in [-0.2, -0.15) is 4.31 Å².